The summed E-state index contributed by atoms with van der Waals surface area (Å²) in [6.45, 7) is 4.39. The van der Waals surface area contributed by atoms with Gasteiger partial charge in [0.2, 0.25) is 0 Å². The minimum absolute atomic E-state index is 0.128. The lowest BCUT2D eigenvalue weighted by atomic mass is 10.3. The molecule has 0 aromatic carbocycles. The average Bonchev–Trinajstić information content (AvgIpc) is 2.73. The predicted octanol–water partition coefficient (Wildman–Crippen LogP) is 1.75. The molecule has 1 fully saturated rings. The largest absolute Gasteiger partial charge is 0.391 e. The van der Waals surface area contributed by atoms with E-state index in [2.05, 4.69) is 16.8 Å². The van der Waals surface area contributed by atoms with Crippen LogP contribution in [0.3, 0.4) is 0 Å². The quantitative estimate of drug-likeness (QED) is 0.879. The summed E-state index contributed by atoms with van der Waals surface area (Å²) in [6, 6.07) is 0. The highest BCUT2D eigenvalue weighted by atomic mass is 32.2. The SMILES string of the molecule is CCc1nc(N2CCSCC2)sc1CO. The average molecular weight is 244 g/mol. The molecule has 84 valence electrons. The minimum Gasteiger partial charge on any atom is -0.391 e. The minimum atomic E-state index is 0.128. The van der Waals surface area contributed by atoms with Crippen LogP contribution < -0.4 is 4.90 Å². The Balaban J connectivity index is 2.16. The molecule has 0 atom stereocenters. The number of aromatic nitrogens is 1. The maximum absolute atomic E-state index is 9.21. The number of hydrogen-bond acceptors (Lipinski definition) is 5. The van der Waals surface area contributed by atoms with E-state index >= 15 is 0 Å². The third kappa shape index (κ3) is 2.46. The summed E-state index contributed by atoms with van der Waals surface area (Å²) in [6.07, 6.45) is 0.912. The molecule has 1 saturated heterocycles. The summed E-state index contributed by atoms with van der Waals surface area (Å²) >= 11 is 3.65. The first kappa shape index (κ1) is 11.2. The molecule has 1 N–H and O–H groups in total. The summed E-state index contributed by atoms with van der Waals surface area (Å²) in [5.74, 6) is 2.38. The summed E-state index contributed by atoms with van der Waals surface area (Å²) in [5, 5.41) is 10.3. The van der Waals surface area contributed by atoms with Crippen molar-refractivity contribution in [3.8, 4) is 0 Å². The van der Waals surface area contributed by atoms with Gasteiger partial charge >= 0.3 is 0 Å². The molecular weight excluding hydrogens is 228 g/mol. The van der Waals surface area contributed by atoms with Crippen molar-refractivity contribution >= 4 is 28.2 Å². The lowest BCUT2D eigenvalue weighted by Crippen LogP contribution is -2.32. The molecule has 0 amide bonds. The highest BCUT2D eigenvalue weighted by Gasteiger charge is 2.17. The van der Waals surface area contributed by atoms with Crippen molar-refractivity contribution in [2.24, 2.45) is 0 Å². The van der Waals surface area contributed by atoms with Gasteiger partial charge in [-0.25, -0.2) is 4.98 Å². The van der Waals surface area contributed by atoms with Crippen LogP contribution in [0.2, 0.25) is 0 Å². The molecular formula is C10H16N2OS2. The summed E-state index contributed by atoms with van der Waals surface area (Å²) in [4.78, 5) is 7.96. The van der Waals surface area contributed by atoms with Crippen LogP contribution in [-0.4, -0.2) is 34.7 Å². The molecule has 15 heavy (non-hydrogen) atoms. The van der Waals surface area contributed by atoms with Crippen molar-refractivity contribution in [1.82, 2.24) is 4.98 Å². The lowest BCUT2D eigenvalue weighted by molar-refractivity contribution is 0.284. The van der Waals surface area contributed by atoms with Crippen LogP contribution in [0.1, 0.15) is 17.5 Å². The standard InChI is InChI=1S/C10H16N2OS2/c1-2-8-9(7-13)15-10(11-8)12-3-5-14-6-4-12/h13H,2-7H2,1H3. The Morgan fingerprint density at radius 1 is 1.40 bits per heavy atom. The van der Waals surface area contributed by atoms with Gasteiger partial charge in [-0.15, -0.1) is 0 Å². The number of rotatable bonds is 3. The lowest BCUT2D eigenvalue weighted by Gasteiger charge is -2.25. The highest BCUT2D eigenvalue weighted by molar-refractivity contribution is 7.99. The number of anilines is 1. The van der Waals surface area contributed by atoms with Crippen molar-refractivity contribution in [1.29, 1.82) is 0 Å². The predicted molar refractivity (Wildman–Crippen MR) is 67.0 cm³/mol. The van der Waals surface area contributed by atoms with Gasteiger partial charge < -0.3 is 10.0 Å². The fourth-order valence-corrected chi connectivity index (χ4v) is 3.62. The fraction of sp³-hybridized carbons (Fsp3) is 0.700. The number of nitrogens with zero attached hydrogens (tertiary/aromatic N) is 2. The molecule has 1 aromatic heterocycles. The van der Waals surface area contributed by atoms with E-state index < -0.39 is 0 Å². The molecule has 0 radical (unpaired) electrons. The monoisotopic (exact) mass is 244 g/mol. The van der Waals surface area contributed by atoms with Crippen LogP contribution in [0.25, 0.3) is 0 Å². The van der Waals surface area contributed by atoms with E-state index in [9.17, 15) is 5.11 Å². The number of aliphatic hydroxyl groups is 1. The Morgan fingerprint density at radius 3 is 2.67 bits per heavy atom. The van der Waals surface area contributed by atoms with Crippen LogP contribution in [0.5, 0.6) is 0 Å². The molecule has 1 aliphatic rings. The molecule has 0 saturated carbocycles. The zero-order chi connectivity index (χ0) is 10.7. The Morgan fingerprint density at radius 2 is 2.13 bits per heavy atom. The number of hydrogen-bond donors (Lipinski definition) is 1. The van der Waals surface area contributed by atoms with E-state index in [4.69, 9.17) is 0 Å². The summed E-state index contributed by atoms with van der Waals surface area (Å²) < 4.78 is 0. The molecule has 1 aliphatic heterocycles. The van der Waals surface area contributed by atoms with E-state index in [1.807, 2.05) is 11.8 Å². The molecule has 1 aromatic rings. The first-order chi connectivity index (χ1) is 7.35. The third-order valence-corrected chi connectivity index (χ3v) is 4.61. The van der Waals surface area contributed by atoms with Gasteiger partial charge in [-0.05, 0) is 6.42 Å². The van der Waals surface area contributed by atoms with Gasteiger partial charge in [-0.1, -0.05) is 18.3 Å². The van der Waals surface area contributed by atoms with Crippen LogP contribution >= 0.6 is 23.1 Å². The number of thiazole rings is 1. The third-order valence-electron chi connectivity index (χ3n) is 2.53. The van der Waals surface area contributed by atoms with Crippen LogP contribution in [0, 0.1) is 0 Å². The first-order valence-electron chi connectivity index (χ1n) is 5.27. The van der Waals surface area contributed by atoms with Gasteiger partial charge in [-0.3, -0.25) is 0 Å². The van der Waals surface area contributed by atoms with Crippen molar-refractivity contribution < 1.29 is 5.11 Å². The highest BCUT2D eigenvalue weighted by Crippen LogP contribution is 2.28. The van der Waals surface area contributed by atoms with Crippen LogP contribution in [-0.2, 0) is 13.0 Å². The smallest absolute Gasteiger partial charge is 0.185 e. The van der Waals surface area contributed by atoms with Crippen molar-refractivity contribution in [2.75, 3.05) is 29.5 Å². The second kappa shape index (κ2) is 5.18. The number of aryl methyl sites for hydroxylation is 1. The fourth-order valence-electron chi connectivity index (χ4n) is 1.66. The van der Waals surface area contributed by atoms with Gasteiger partial charge in [-0.2, -0.15) is 11.8 Å². The molecule has 3 nitrogen and oxygen atoms in total. The van der Waals surface area contributed by atoms with Crippen molar-refractivity contribution in [3.63, 3.8) is 0 Å². The maximum atomic E-state index is 9.21. The van der Waals surface area contributed by atoms with Crippen LogP contribution in [0.4, 0.5) is 5.13 Å². The van der Waals surface area contributed by atoms with Gasteiger partial charge in [0.25, 0.3) is 0 Å². The Hall–Kier alpha value is -0.260. The zero-order valence-electron chi connectivity index (χ0n) is 8.90. The second-order valence-corrected chi connectivity index (χ2v) is 5.76. The Bertz CT molecular complexity index is 300. The van der Waals surface area contributed by atoms with E-state index in [1.54, 1.807) is 11.3 Å². The Kier molecular flexibility index (Phi) is 3.88. The molecule has 2 rings (SSSR count). The molecule has 0 unspecified atom stereocenters. The maximum Gasteiger partial charge on any atom is 0.185 e. The van der Waals surface area contributed by atoms with Crippen LogP contribution in [0.15, 0.2) is 0 Å². The van der Waals surface area contributed by atoms with E-state index in [0.29, 0.717) is 0 Å². The van der Waals surface area contributed by atoms with Crippen molar-refractivity contribution in [3.05, 3.63) is 10.6 Å². The topological polar surface area (TPSA) is 36.4 Å². The zero-order valence-corrected chi connectivity index (χ0v) is 10.5. The van der Waals surface area contributed by atoms with Gasteiger partial charge in [0.05, 0.1) is 17.2 Å². The van der Waals surface area contributed by atoms with E-state index in [1.165, 1.54) is 11.5 Å². The van der Waals surface area contributed by atoms with Crippen molar-refractivity contribution in [2.45, 2.75) is 20.0 Å². The van der Waals surface area contributed by atoms with E-state index in [0.717, 1.165) is 35.2 Å². The summed E-state index contributed by atoms with van der Waals surface area (Å²) in [5.41, 5.74) is 1.07. The molecule has 0 spiro atoms. The van der Waals surface area contributed by atoms with Gasteiger partial charge in [0, 0.05) is 24.6 Å². The molecule has 0 aliphatic carbocycles. The molecule has 2 heterocycles. The molecule has 5 heteroatoms. The Labute approximate surface area is 98.5 Å². The number of aliphatic hydroxyl groups excluding tert-OH is 1. The van der Waals surface area contributed by atoms with Gasteiger partial charge in [0.15, 0.2) is 5.13 Å². The first-order valence-corrected chi connectivity index (χ1v) is 7.24. The summed E-state index contributed by atoms with van der Waals surface area (Å²) in [7, 11) is 0. The molecule has 0 bridgehead atoms. The normalized spacial score (nSPS) is 17.1. The van der Waals surface area contributed by atoms with E-state index in [-0.39, 0.29) is 6.61 Å². The second-order valence-electron chi connectivity index (χ2n) is 3.48. The van der Waals surface area contributed by atoms with Gasteiger partial charge in [0.1, 0.15) is 0 Å². The number of thioether (sulfide) groups is 1.